The molecule has 0 saturated heterocycles. The number of aryl methyl sites for hydroxylation is 1. The summed E-state index contributed by atoms with van der Waals surface area (Å²) in [5.41, 5.74) is 0.777. The summed E-state index contributed by atoms with van der Waals surface area (Å²) in [5, 5.41) is 5.02. The molecule has 3 rings (SSSR count). The van der Waals surface area contributed by atoms with E-state index in [-0.39, 0.29) is 12.6 Å². The molecule has 1 aromatic carbocycles. The van der Waals surface area contributed by atoms with Crippen molar-refractivity contribution >= 4 is 17.6 Å². The first kappa shape index (κ1) is 15.8. The molecule has 7 heteroatoms. The molecule has 1 aromatic heterocycles. The van der Waals surface area contributed by atoms with Crippen LogP contribution in [0.25, 0.3) is 0 Å². The number of anilines is 1. The summed E-state index contributed by atoms with van der Waals surface area (Å²) in [6, 6.07) is 10.8. The summed E-state index contributed by atoms with van der Waals surface area (Å²) in [5.74, 6) is 0.139. The van der Waals surface area contributed by atoms with Crippen molar-refractivity contribution in [2.75, 3.05) is 18.5 Å². The molecule has 2 heterocycles. The molecule has 0 radical (unpaired) electrons. The summed E-state index contributed by atoms with van der Waals surface area (Å²) in [6.07, 6.45) is 1.19. The minimum Gasteiger partial charge on any atom is -0.486 e. The Morgan fingerprint density at radius 3 is 2.75 bits per heavy atom. The monoisotopic (exact) mass is 327 g/mol. The second-order valence-electron chi connectivity index (χ2n) is 5.33. The van der Waals surface area contributed by atoms with Crippen molar-refractivity contribution in [2.45, 2.75) is 13.0 Å². The molecule has 0 spiro atoms. The Hall–Kier alpha value is -3.09. The van der Waals surface area contributed by atoms with Crippen LogP contribution in [0.1, 0.15) is 5.56 Å². The molecule has 0 aliphatic carbocycles. The number of fused-ring (bicyclic) bond motifs is 1. The molecular formula is C17H17N3O4. The Balaban J connectivity index is 1.51. The molecule has 1 atom stereocenters. The first-order valence-corrected chi connectivity index (χ1v) is 7.53. The lowest BCUT2D eigenvalue weighted by Gasteiger charge is -2.26. The van der Waals surface area contributed by atoms with Gasteiger partial charge >= 0.3 is 11.8 Å². The first-order chi connectivity index (χ1) is 11.6. The van der Waals surface area contributed by atoms with E-state index in [1.165, 1.54) is 0 Å². The van der Waals surface area contributed by atoms with Gasteiger partial charge in [-0.1, -0.05) is 18.2 Å². The smallest absolute Gasteiger partial charge is 0.314 e. The first-order valence-electron chi connectivity index (χ1n) is 7.53. The minimum absolute atomic E-state index is 0.168. The predicted octanol–water partition coefficient (Wildman–Crippen LogP) is 1.28. The van der Waals surface area contributed by atoms with Gasteiger partial charge in [-0.3, -0.25) is 9.59 Å². The molecule has 0 bridgehead atoms. The third kappa shape index (κ3) is 3.62. The lowest BCUT2D eigenvalue weighted by atomic mass is 10.2. The molecule has 0 fully saturated rings. The summed E-state index contributed by atoms with van der Waals surface area (Å²) < 4.78 is 11.3. The number of ether oxygens (including phenoxy) is 2. The molecule has 1 aliphatic rings. The zero-order valence-corrected chi connectivity index (χ0v) is 13.1. The molecule has 2 amide bonds. The van der Waals surface area contributed by atoms with Crippen LogP contribution in [0.3, 0.4) is 0 Å². The van der Waals surface area contributed by atoms with Gasteiger partial charge in [0.05, 0.1) is 6.54 Å². The standard InChI is InChI=1S/C17H17N3O4/c1-11-5-4-8-18-15(11)20-17(22)16(21)19-9-12-10-23-13-6-2-3-7-14(13)24-12/h2-8,12H,9-10H2,1H3,(H,19,21)(H,18,20,22). The summed E-state index contributed by atoms with van der Waals surface area (Å²) in [4.78, 5) is 27.8. The van der Waals surface area contributed by atoms with Crippen LogP contribution in [0.4, 0.5) is 5.82 Å². The fourth-order valence-electron chi connectivity index (χ4n) is 2.23. The van der Waals surface area contributed by atoms with Crippen LogP contribution in [0.2, 0.25) is 0 Å². The molecular weight excluding hydrogens is 310 g/mol. The van der Waals surface area contributed by atoms with E-state index in [0.717, 1.165) is 5.56 Å². The fourth-order valence-corrected chi connectivity index (χ4v) is 2.23. The second kappa shape index (κ2) is 6.99. The van der Waals surface area contributed by atoms with Crippen LogP contribution in [0.15, 0.2) is 42.6 Å². The van der Waals surface area contributed by atoms with Crippen molar-refractivity contribution in [3.8, 4) is 11.5 Å². The van der Waals surface area contributed by atoms with E-state index >= 15 is 0 Å². The average molecular weight is 327 g/mol. The van der Waals surface area contributed by atoms with Crippen molar-refractivity contribution in [1.29, 1.82) is 0 Å². The minimum atomic E-state index is -0.770. The highest BCUT2D eigenvalue weighted by molar-refractivity contribution is 6.39. The average Bonchev–Trinajstić information content (AvgIpc) is 2.61. The number of hydrogen-bond donors (Lipinski definition) is 2. The normalized spacial score (nSPS) is 15.5. The van der Waals surface area contributed by atoms with E-state index in [1.807, 2.05) is 18.2 Å². The van der Waals surface area contributed by atoms with Gasteiger partial charge in [-0.25, -0.2) is 4.98 Å². The zero-order chi connectivity index (χ0) is 16.9. The van der Waals surface area contributed by atoms with Gasteiger partial charge < -0.3 is 20.1 Å². The van der Waals surface area contributed by atoms with Gasteiger partial charge in [0.2, 0.25) is 0 Å². The number of aromatic nitrogens is 1. The van der Waals surface area contributed by atoms with E-state index in [1.54, 1.807) is 31.3 Å². The van der Waals surface area contributed by atoms with Gasteiger partial charge in [-0.2, -0.15) is 0 Å². The van der Waals surface area contributed by atoms with E-state index in [0.29, 0.717) is 23.9 Å². The number of carbonyl (C=O) groups is 2. The number of carbonyl (C=O) groups excluding carboxylic acids is 2. The Morgan fingerprint density at radius 1 is 1.17 bits per heavy atom. The number of para-hydroxylation sites is 2. The molecule has 7 nitrogen and oxygen atoms in total. The maximum absolute atomic E-state index is 11.9. The summed E-state index contributed by atoms with van der Waals surface area (Å²) in [7, 11) is 0. The lowest BCUT2D eigenvalue weighted by molar-refractivity contribution is -0.136. The molecule has 1 aliphatic heterocycles. The molecule has 2 N–H and O–H groups in total. The molecule has 124 valence electrons. The van der Waals surface area contributed by atoms with Gasteiger partial charge in [-0.05, 0) is 30.7 Å². The maximum Gasteiger partial charge on any atom is 0.314 e. The van der Waals surface area contributed by atoms with Crippen molar-refractivity contribution in [2.24, 2.45) is 0 Å². The molecule has 1 unspecified atom stereocenters. The number of amides is 2. The van der Waals surface area contributed by atoms with Crippen molar-refractivity contribution in [3.05, 3.63) is 48.2 Å². The van der Waals surface area contributed by atoms with E-state index in [9.17, 15) is 9.59 Å². The maximum atomic E-state index is 11.9. The van der Waals surface area contributed by atoms with Crippen LogP contribution >= 0.6 is 0 Å². The predicted molar refractivity (Wildman–Crippen MR) is 87.0 cm³/mol. The van der Waals surface area contributed by atoms with Gasteiger partial charge in [0.15, 0.2) is 11.5 Å². The topological polar surface area (TPSA) is 89.6 Å². The van der Waals surface area contributed by atoms with Crippen LogP contribution in [-0.2, 0) is 9.59 Å². The van der Waals surface area contributed by atoms with Gasteiger partial charge in [0.25, 0.3) is 0 Å². The highest BCUT2D eigenvalue weighted by Gasteiger charge is 2.23. The Labute approximate surface area is 139 Å². The van der Waals surface area contributed by atoms with Crippen molar-refractivity contribution in [3.63, 3.8) is 0 Å². The van der Waals surface area contributed by atoms with Crippen LogP contribution < -0.4 is 20.1 Å². The molecule has 24 heavy (non-hydrogen) atoms. The number of benzene rings is 1. The molecule has 2 aromatic rings. The Morgan fingerprint density at radius 2 is 1.96 bits per heavy atom. The lowest BCUT2D eigenvalue weighted by Crippen LogP contribution is -2.44. The van der Waals surface area contributed by atoms with Crippen LogP contribution in [-0.4, -0.2) is 36.1 Å². The highest BCUT2D eigenvalue weighted by atomic mass is 16.6. The summed E-state index contributed by atoms with van der Waals surface area (Å²) >= 11 is 0. The van der Waals surface area contributed by atoms with Crippen molar-refractivity contribution in [1.82, 2.24) is 10.3 Å². The second-order valence-corrected chi connectivity index (χ2v) is 5.33. The third-order valence-corrected chi connectivity index (χ3v) is 3.51. The largest absolute Gasteiger partial charge is 0.486 e. The van der Waals surface area contributed by atoms with Gasteiger partial charge in [0.1, 0.15) is 18.5 Å². The van der Waals surface area contributed by atoms with E-state index in [2.05, 4.69) is 15.6 Å². The molecule has 0 saturated carbocycles. The van der Waals surface area contributed by atoms with E-state index in [4.69, 9.17) is 9.47 Å². The van der Waals surface area contributed by atoms with E-state index < -0.39 is 11.8 Å². The van der Waals surface area contributed by atoms with Gasteiger partial charge in [0, 0.05) is 6.20 Å². The van der Waals surface area contributed by atoms with Crippen LogP contribution in [0, 0.1) is 6.92 Å². The van der Waals surface area contributed by atoms with Gasteiger partial charge in [-0.15, -0.1) is 0 Å². The number of hydrogen-bond acceptors (Lipinski definition) is 5. The number of pyridine rings is 1. The fraction of sp³-hybridized carbons (Fsp3) is 0.235. The SMILES string of the molecule is Cc1cccnc1NC(=O)C(=O)NCC1COc2ccccc2O1. The highest BCUT2D eigenvalue weighted by Crippen LogP contribution is 2.30. The Kier molecular flexibility index (Phi) is 4.60. The number of rotatable bonds is 3. The number of nitrogens with zero attached hydrogens (tertiary/aromatic N) is 1. The quantitative estimate of drug-likeness (QED) is 0.829. The Bertz CT molecular complexity index is 763. The summed E-state index contributed by atoms with van der Waals surface area (Å²) in [6.45, 7) is 2.27. The van der Waals surface area contributed by atoms with Crippen LogP contribution in [0.5, 0.6) is 11.5 Å². The van der Waals surface area contributed by atoms with Crippen molar-refractivity contribution < 1.29 is 19.1 Å². The third-order valence-electron chi connectivity index (χ3n) is 3.51. The number of nitrogens with one attached hydrogen (secondary N) is 2. The zero-order valence-electron chi connectivity index (χ0n) is 13.1.